The lowest BCUT2D eigenvalue weighted by Gasteiger charge is -2.06. The highest BCUT2D eigenvalue weighted by Crippen LogP contribution is 2.26. The lowest BCUT2D eigenvalue weighted by atomic mass is 10.0. The van der Waals surface area contributed by atoms with Crippen molar-refractivity contribution < 1.29 is 4.39 Å². The van der Waals surface area contributed by atoms with E-state index in [1.807, 2.05) is 30.3 Å². The molecule has 18 heavy (non-hydrogen) atoms. The van der Waals surface area contributed by atoms with E-state index in [-0.39, 0.29) is 5.82 Å². The second-order valence-corrected chi connectivity index (χ2v) is 4.77. The summed E-state index contributed by atoms with van der Waals surface area (Å²) in [5.74, 6) is -0.308. The zero-order valence-corrected chi connectivity index (χ0v) is 11.9. The van der Waals surface area contributed by atoms with Gasteiger partial charge in [-0.3, -0.25) is 0 Å². The normalized spacial score (nSPS) is 11.6. The van der Waals surface area contributed by atoms with Crippen LogP contribution in [0, 0.1) is 5.82 Å². The van der Waals surface area contributed by atoms with Gasteiger partial charge in [0.1, 0.15) is 5.82 Å². The molecule has 0 spiro atoms. The van der Waals surface area contributed by atoms with Crippen LogP contribution in [0.2, 0.25) is 5.02 Å². The molecule has 0 aliphatic heterocycles. The summed E-state index contributed by atoms with van der Waals surface area (Å²) in [5, 5.41) is 1.06. The average molecular weight is 326 g/mol. The van der Waals surface area contributed by atoms with Crippen molar-refractivity contribution in [2.24, 2.45) is 0 Å². The van der Waals surface area contributed by atoms with Gasteiger partial charge in [0.05, 0.1) is 5.02 Å². The Bertz CT molecular complexity index is 544. The third-order valence-electron chi connectivity index (χ3n) is 2.61. The fourth-order valence-corrected chi connectivity index (χ4v) is 2.38. The number of benzene rings is 2. The number of hydrogen-bond acceptors (Lipinski definition) is 0. The molecule has 2 aromatic carbocycles. The first-order valence-electron chi connectivity index (χ1n) is 5.48. The molecule has 0 aliphatic carbocycles. The fourth-order valence-electron chi connectivity index (χ4n) is 1.67. The summed E-state index contributed by atoms with van der Waals surface area (Å²) < 4.78 is 13.7. The standard InChI is InChI=1S/C15H11BrClF/c16-10-12(11-5-2-1-3-6-11)9-13-14(17)7-4-8-15(13)18/h1-9H,10H2. The van der Waals surface area contributed by atoms with Crippen molar-refractivity contribution in [3.05, 3.63) is 70.5 Å². The van der Waals surface area contributed by atoms with Crippen molar-refractivity contribution >= 4 is 39.2 Å². The molecule has 2 rings (SSSR count). The Morgan fingerprint density at radius 3 is 2.44 bits per heavy atom. The molecule has 0 aromatic heterocycles. The molecule has 0 saturated carbocycles. The number of halogens is 3. The Morgan fingerprint density at radius 2 is 1.83 bits per heavy atom. The topological polar surface area (TPSA) is 0 Å². The molecule has 0 nitrogen and oxygen atoms in total. The summed E-state index contributed by atoms with van der Waals surface area (Å²) in [6, 6.07) is 14.5. The summed E-state index contributed by atoms with van der Waals surface area (Å²) in [6.07, 6.45) is 1.78. The van der Waals surface area contributed by atoms with Crippen molar-refractivity contribution in [1.29, 1.82) is 0 Å². The molecule has 0 fully saturated rings. The first-order chi connectivity index (χ1) is 8.72. The van der Waals surface area contributed by atoms with Crippen LogP contribution in [0.4, 0.5) is 4.39 Å². The number of allylic oxidation sites excluding steroid dienone is 1. The van der Waals surface area contributed by atoms with Crippen LogP contribution in [0.3, 0.4) is 0 Å². The summed E-state index contributed by atoms with van der Waals surface area (Å²) in [6.45, 7) is 0. The first kappa shape index (κ1) is 13.3. The number of rotatable bonds is 3. The minimum atomic E-state index is -0.308. The van der Waals surface area contributed by atoms with Gasteiger partial charge in [0.25, 0.3) is 0 Å². The minimum absolute atomic E-state index is 0.308. The average Bonchev–Trinajstić information content (AvgIpc) is 2.40. The number of alkyl halides is 1. The highest BCUT2D eigenvalue weighted by atomic mass is 79.9. The molecule has 0 heterocycles. The molecule has 0 aliphatic rings. The fraction of sp³-hybridized carbons (Fsp3) is 0.0667. The van der Waals surface area contributed by atoms with E-state index < -0.39 is 0 Å². The monoisotopic (exact) mass is 324 g/mol. The predicted molar refractivity (Wildman–Crippen MR) is 79.5 cm³/mol. The van der Waals surface area contributed by atoms with Gasteiger partial charge in [0.2, 0.25) is 0 Å². The van der Waals surface area contributed by atoms with Gasteiger partial charge in [-0.25, -0.2) is 4.39 Å². The second-order valence-electron chi connectivity index (χ2n) is 3.80. The van der Waals surface area contributed by atoms with Crippen molar-refractivity contribution in [2.45, 2.75) is 0 Å². The molecular weight excluding hydrogens is 315 g/mol. The van der Waals surface area contributed by atoms with Crippen LogP contribution in [-0.4, -0.2) is 5.33 Å². The van der Waals surface area contributed by atoms with Gasteiger partial charge < -0.3 is 0 Å². The molecule has 0 bridgehead atoms. The third kappa shape index (κ3) is 3.01. The SMILES string of the molecule is Fc1cccc(Cl)c1C=C(CBr)c1ccccc1. The Labute approximate surface area is 119 Å². The minimum Gasteiger partial charge on any atom is -0.206 e. The molecule has 3 heteroatoms. The first-order valence-corrected chi connectivity index (χ1v) is 6.98. The predicted octanol–water partition coefficient (Wildman–Crippen LogP) is 5.41. The molecule has 0 N–H and O–H groups in total. The van der Waals surface area contributed by atoms with Crippen LogP contribution in [0.15, 0.2) is 48.5 Å². The van der Waals surface area contributed by atoms with Crippen molar-refractivity contribution in [3.8, 4) is 0 Å². The van der Waals surface area contributed by atoms with E-state index in [2.05, 4.69) is 15.9 Å². The molecule has 92 valence electrons. The van der Waals surface area contributed by atoms with Crippen LogP contribution in [-0.2, 0) is 0 Å². The lowest BCUT2D eigenvalue weighted by molar-refractivity contribution is 0.625. The molecule has 0 radical (unpaired) electrons. The Hall–Kier alpha value is -1.12. The maximum absolute atomic E-state index is 13.7. The summed E-state index contributed by atoms with van der Waals surface area (Å²) >= 11 is 9.44. The Kier molecular flexibility index (Phi) is 4.56. The van der Waals surface area contributed by atoms with Crippen molar-refractivity contribution in [2.75, 3.05) is 5.33 Å². The van der Waals surface area contributed by atoms with E-state index in [4.69, 9.17) is 11.6 Å². The lowest BCUT2D eigenvalue weighted by Crippen LogP contribution is -1.89. The molecule has 2 aromatic rings. The van der Waals surface area contributed by atoms with Crippen LogP contribution < -0.4 is 0 Å². The van der Waals surface area contributed by atoms with Gasteiger partial charge >= 0.3 is 0 Å². The quantitative estimate of drug-likeness (QED) is 0.522. The van der Waals surface area contributed by atoms with Gasteiger partial charge in [-0.2, -0.15) is 0 Å². The highest BCUT2D eigenvalue weighted by Gasteiger charge is 2.06. The zero-order chi connectivity index (χ0) is 13.0. The maximum atomic E-state index is 13.7. The van der Waals surface area contributed by atoms with E-state index in [1.165, 1.54) is 6.07 Å². The zero-order valence-electron chi connectivity index (χ0n) is 9.54. The van der Waals surface area contributed by atoms with Gasteiger partial charge in [-0.05, 0) is 29.3 Å². The van der Waals surface area contributed by atoms with Gasteiger partial charge in [0, 0.05) is 10.9 Å². The van der Waals surface area contributed by atoms with Gasteiger partial charge in [-0.15, -0.1) is 0 Å². The van der Waals surface area contributed by atoms with Crippen LogP contribution in [0.1, 0.15) is 11.1 Å². The van der Waals surface area contributed by atoms with Crippen LogP contribution in [0.5, 0.6) is 0 Å². The third-order valence-corrected chi connectivity index (χ3v) is 3.54. The van der Waals surface area contributed by atoms with Crippen LogP contribution in [0.25, 0.3) is 11.6 Å². The summed E-state index contributed by atoms with van der Waals surface area (Å²) in [7, 11) is 0. The van der Waals surface area contributed by atoms with E-state index in [0.29, 0.717) is 15.9 Å². The van der Waals surface area contributed by atoms with Crippen molar-refractivity contribution in [3.63, 3.8) is 0 Å². The summed E-state index contributed by atoms with van der Waals surface area (Å²) in [4.78, 5) is 0. The van der Waals surface area contributed by atoms with E-state index in [0.717, 1.165) is 11.1 Å². The van der Waals surface area contributed by atoms with Gasteiger partial charge in [-0.1, -0.05) is 63.9 Å². The van der Waals surface area contributed by atoms with E-state index in [9.17, 15) is 4.39 Å². The molecule has 0 atom stereocenters. The van der Waals surface area contributed by atoms with E-state index >= 15 is 0 Å². The Morgan fingerprint density at radius 1 is 1.11 bits per heavy atom. The molecule has 0 amide bonds. The molecule has 0 unspecified atom stereocenters. The second kappa shape index (κ2) is 6.17. The largest absolute Gasteiger partial charge is 0.206 e. The Balaban J connectivity index is 2.48. The number of hydrogen-bond donors (Lipinski definition) is 0. The molecule has 0 saturated heterocycles. The van der Waals surface area contributed by atoms with Crippen molar-refractivity contribution in [1.82, 2.24) is 0 Å². The van der Waals surface area contributed by atoms with Gasteiger partial charge in [0.15, 0.2) is 0 Å². The maximum Gasteiger partial charge on any atom is 0.131 e. The molecular formula is C15H11BrClF. The van der Waals surface area contributed by atoms with Crippen LogP contribution >= 0.6 is 27.5 Å². The smallest absolute Gasteiger partial charge is 0.131 e. The summed E-state index contributed by atoms with van der Waals surface area (Å²) in [5.41, 5.74) is 2.47. The highest BCUT2D eigenvalue weighted by molar-refractivity contribution is 9.09. The van der Waals surface area contributed by atoms with E-state index in [1.54, 1.807) is 18.2 Å².